The van der Waals surface area contributed by atoms with Gasteiger partial charge in [-0.05, 0) is 0 Å². The Bertz CT molecular complexity index is 1440. The average Bonchev–Trinajstić information content (AvgIpc) is 3.23. The number of aliphatic hydroxyl groups excluding tert-OH is 15. The summed E-state index contributed by atoms with van der Waals surface area (Å²) in [7, 11) is 0. The van der Waals surface area contributed by atoms with E-state index in [4.69, 9.17) is 42.6 Å². The molecular weight excluding hydrogens is 852 g/mol. The van der Waals surface area contributed by atoms with Crippen LogP contribution in [0.5, 0.6) is 0 Å². The molecule has 0 aliphatic carbocycles. The maximum absolute atomic E-state index is 12.5. The molecule has 0 bridgehead atoms. The molecule has 0 saturated carbocycles. The second-order valence-electron chi connectivity index (χ2n) is 15.5. The summed E-state index contributed by atoms with van der Waals surface area (Å²) in [5.74, 6) is -1.52. The number of aliphatic hydroxyl groups is 15. The lowest BCUT2D eigenvalue weighted by Crippen LogP contribution is -2.70. The molecule has 62 heavy (non-hydrogen) atoms. The van der Waals surface area contributed by atoms with Crippen molar-refractivity contribution >= 4 is 11.8 Å². The van der Waals surface area contributed by atoms with Gasteiger partial charge in [-0.15, -0.1) is 0 Å². The number of nitrogens with one attached hydrogen (secondary N) is 2. The Morgan fingerprint density at radius 3 is 1.39 bits per heavy atom. The molecule has 5 rings (SSSR count). The summed E-state index contributed by atoms with van der Waals surface area (Å²) in [6.45, 7) is -2.30. The van der Waals surface area contributed by atoms with Crippen LogP contribution in [0.1, 0.15) is 13.8 Å². The zero-order valence-corrected chi connectivity index (χ0v) is 33.2. The minimum atomic E-state index is -2.19. The molecule has 360 valence electrons. The minimum Gasteiger partial charge on any atom is -0.394 e. The Morgan fingerprint density at radius 1 is 0.419 bits per heavy atom. The van der Waals surface area contributed by atoms with Crippen molar-refractivity contribution in [2.24, 2.45) is 0 Å². The molecule has 0 aromatic carbocycles. The first-order valence-electron chi connectivity index (χ1n) is 19.6. The molecule has 5 heterocycles. The number of carbonyl (C=O) groups is 2. The molecule has 5 fully saturated rings. The van der Waals surface area contributed by atoms with E-state index in [1.54, 1.807) is 0 Å². The van der Waals surface area contributed by atoms with Crippen LogP contribution in [-0.2, 0) is 52.2 Å². The van der Waals surface area contributed by atoms with E-state index in [0.717, 1.165) is 13.8 Å². The van der Waals surface area contributed by atoms with Gasteiger partial charge in [-0.25, -0.2) is 0 Å². The Morgan fingerprint density at radius 2 is 0.839 bits per heavy atom. The molecular formula is C34H58N2O26. The van der Waals surface area contributed by atoms with Crippen LogP contribution in [-0.4, -0.2) is 275 Å². The molecule has 0 radical (unpaired) electrons. The van der Waals surface area contributed by atoms with Gasteiger partial charge >= 0.3 is 0 Å². The number of ether oxygens (including phenoxy) is 9. The van der Waals surface area contributed by atoms with Gasteiger partial charge in [0.15, 0.2) is 31.5 Å². The third-order valence-corrected chi connectivity index (χ3v) is 11.1. The molecule has 2 amide bonds. The van der Waals surface area contributed by atoms with E-state index in [1.165, 1.54) is 0 Å². The van der Waals surface area contributed by atoms with Crippen molar-refractivity contribution in [1.82, 2.24) is 10.6 Å². The van der Waals surface area contributed by atoms with Crippen LogP contribution in [0, 0.1) is 0 Å². The second-order valence-corrected chi connectivity index (χ2v) is 15.5. The van der Waals surface area contributed by atoms with Crippen LogP contribution in [0.3, 0.4) is 0 Å². The van der Waals surface area contributed by atoms with E-state index in [9.17, 15) is 86.2 Å². The Kier molecular flexibility index (Phi) is 18.1. The predicted molar refractivity (Wildman–Crippen MR) is 190 cm³/mol. The first kappa shape index (κ1) is 51.0. The Hall–Kier alpha value is -2.02. The molecule has 5 saturated heterocycles. The highest BCUT2D eigenvalue weighted by Gasteiger charge is 2.56. The molecule has 0 spiro atoms. The lowest BCUT2D eigenvalue weighted by Gasteiger charge is -2.50. The normalized spacial score (nSPS) is 49.0. The van der Waals surface area contributed by atoms with E-state index in [1.807, 2.05) is 0 Å². The van der Waals surface area contributed by atoms with Crippen LogP contribution in [0.4, 0.5) is 0 Å². The number of hydrogen-bond donors (Lipinski definition) is 17. The number of amides is 2. The molecule has 28 nitrogen and oxygen atoms in total. The van der Waals surface area contributed by atoms with E-state index in [-0.39, 0.29) is 0 Å². The number of hydrogen-bond acceptors (Lipinski definition) is 26. The molecule has 17 N–H and O–H groups in total. The maximum atomic E-state index is 12.5. The lowest BCUT2D eigenvalue weighted by molar-refractivity contribution is -0.383. The zero-order valence-electron chi connectivity index (χ0n) is 33.2. The summed E-state index contributed by atoms with van der Waals surface area (Å²) in [6.07, 6.45) is -42.4. The summed E-state index contributed by atoms with van der Waals surface area (Å²) < 4.78 is 50.7. The van der Waals surface area contributed by atoms with E-state index >= 15 is 0 Å². The fourth-order valence-corrected chi connectivity index (χ4v) is 7.73. The molecule has 5 aliphatic rings. The molecule has 25 atom stereocenters. The molecule has 5 aliphatic heterocycles. The van der Waals surface area contributed by atoms with Crippen molar-refractivity contribution in [2.75, 3.05) is 33.0 Å². The van der Waals surface area contributed by atoms with E-state index in [0.29, 0.717) is 0 Å². The summed E-state index contributed by atoms with van der Waals surface area (Å²) in [5, 5.41) is 163. The van der Waals surface area contributed by atoms with Gasteiger partial charge in [0.25, 0.3) is 0 Å². The smallest absolute Gasteiger partial charge is 0.217 e. The van der Waals surface area contributed by atoms with Crippen molar-refractivity contribution in [3.05, 3.63) is 0 Å². The fourth-order valence-electron chi connectivity index (χ4n) is 7.73. The van der Waals surface area contributed by atoms with Gasteiger partial charge in [0, 0.05) is 13.8 Å². The SMILES string of the molecule is CC(=O)N[C@@H]1[C@@H](O[C@@H]2O[C@H](CO)[C@@H](O[C@@H]3O[C@H](CO[C@H]4O[C@H](CO)[C@@H](O)[C@H](O)[C@@H]4O)[C@@H](O)[C@H](O[C@H]4O[C@H](CO)[C@@H](O)[C@H](O)[C@@H]4O)[C@@H]3O)[C@H](O)[C@H]2NC(C)=O)[C@H](O)[C@@H](CO)O[C@H]1O. The summed E-state index contributed by atoms with van der Waals surface area (Å²) in [6, 6.07) is -3.22. The Labute approximate surface area is 351 Å². The van der Waals surface area contributed by atoms with E-state index in [2.05, 4.69) is 10.6 Å². The monoisotopic (exact) mass is 910 g/mol. The summed E-state index contributed by atoms with van der Waals surface area (Å²) in [5.41, 5.74) is 0. The van der Waals surface area contributed by atoms with Gasteiger partial charge in [-0.3, -0.25) is 9.59 Å². The zero-order chi connectivity index (χ0) is 45.9. The standard InChI is InChI=1S/C34H58N2O26/c1-8(41)35-15-21(47)27(13(6-40)58-31(15)61-28-16(36-9(2)42)30(53)55-12(5-39)19(28)45)60-34-26(52)29(62-33-25(51)23(49)18(44)11(4-38)57-33)20(46)14(59-34)7-54-32-24(50)22(48)17(43)10(3-37)56-32/h10-34,37-40,43-53H,3-7H2,1-2H3,(H,35,41)(H,36,42)/t10-,11-,12-,13-,14-,15-,16-,17-,18-,19-,20-,21-,22+,23+,24+,25+,26+,27-,28-,29+,30-,31+,32+,33-,34+/m1/s1. The van der Waals surface area contributed by atoms with Crippen molar-refractivity contribution in [2.45, 2.75) is 167 Å². The van der Waals surface area contributed by atoms with Gasteiger partial charge in [-0.2, -0.15) is 0 Å². The van der Waals surface area contributed by atoms with Crippen molar-refractivity contribution < 1.29 is 129 Å². The highest BCUT2D eigenvalue weighted by molar-refractivity contribution is 5.73. The highest BCUT2D eigenvalue weighted by Crippen LogP contribution is 2.35. The predicted octanol–water partition coefficient (Wildman–Crippen LogP) is -11.6. The lowest BCUT2D eigenvalue weighted by atomic mass is 9.93. The van der Waals surface area contributed by atoms with Gasteiger partial charge in [0.1, 0.15) is 122 Å². The van der Waals surface area contributed by atoms with E-state index < -0.39 is 198 Å². The number of carbonyl (C=O) groups excluding carboxylic acids is 2. The second kappa shape index (κ2) is 22.0. The first-order valence-corrected chi connectivity index (χ1v) is 19.6. The van der Waals surface area contributed by atoms with Crippen LogP contribution in [0.2, 0.25) is 0 Å². The van der Waals surface area contributed by atoms with Crippen molar-refractivity contribution in [1.29, 1.82) is 0 Å². The van der Waals surface area contributed by atoms with Crippen LogP contribution in [0.15, 0.2) is 0 Å². The summed E-state index contributed by atoms with van der Waals surface area (Å²) >= 11 is 0. The average molecular weight is 911 g/mol. The largest absolute Gasteiger partial charge is 0.394 e. The van der Waals surface area contributed by atoms with Crippen molar-refractivity contribution in [3.63, 3.8) is 0 Å². The first-order chi connectivity index (χ1) is 29.3. The van der Waals surface area contributed by atoms with Gasteiger partial charge in [-0.1, -0.05) is 0 Å². The molecule has 0 unspecified atom stereocenters. The van der Waals surface area contributed by atoms with Gasteiger partial charge in [0.2, 0.25) is 11.8 Å². The third-order valence-electron chi connectivity index (χ3n) is 11.1. The fraction of sp³-hybridized carbons (Fsp3) is 0.941. The van der Waals surface area contributed by atoms with Gasteiger partial charge < -0.3 is 130 Å². The Balaban J connectivity index is 1.42. The highest BCUT2D eigenvalue weighted by atomic mass is 16.8. The molecule has 0 aromatic rings. The van der Waals surface area contributed by atoms with Crippen LogP contribution in [0.25, 0.3) is 0 Å². The van der Waals surface area contributed by atoms with Crippen molar-refractivity contribution in [3.8, 4) is 0 Å². The number of rotatable bonds is 15. The third kappa shape index (κ3) is 11.0. The molecule has 0 aromatic heterocycles. The van der Waals surface area contributed by atoms with Crippen LogP contribution < -0.4 is 10.6 Å². The van der Waals surface area contributed by atoms with Crippen LogP contribution >= 0.6 is 0 Å². The minimum absolute atomic E-state index is 0.715. The maximum Gasteiger partial charge on any atom is 0.217 e. The topological polar surface area (TPSA) is 445 Å². The quantitative estimate of drug-likeness (QED) is 0.0725. The summed E-state index contributed by atoms with van der Waals surface area (Å²) in [4.78, 5) is 24.5. The molecule has 28 heteroatoms. The van der Waals surface area contributed by atoms with Gasteiger partial charge in [0.05, 0.1) is 33.0 Å².